The van der Waals surface area contributed by atoms with Crippen LogP contribution in [0.3, 0.4) is 0 Å². The lowest BCUT2D eigenvalue weighted by Gasteiger charge is -2.07. The number of non-ortho nitro benzene ring substituents is 1. The molecule has 0 heterocycles. The van der Waals surface area contributed by atoms with E-state index in [1.54, 1.807) is 24.3 Å². The van der Waals surface area contributed by atoms with Gasteiger partial charge in [-0.3, -0.25) is 10.1 Å². The van der Waals surface area contributed by atoms with Crippen molar-refractivity contribution in [3.8, 4) is 11.1 Å². The van der Waals surface area contributed by atoms with Crippen LogP contribution < -0.4 is 4.72 Å². The van der Waals surface area contributed by atoms with E-state index < -0.39 is 14.9 Å². The Bertz CT molecular complexity index is 755. The number of hydrogen-bond acceptors (Lipinski definition) is 5. The van der Waals surface area contributed by atoms with Crippen LogP contribution >= 0.6 is 0 Å². The van der Waals surface area contributed by atoms with E-state index in [0.29, 0.717) is 0 Å². The normalized spacial score (nSPS) is 11.3. The lowest BCUT2D eigenvalue weighted by atomic mass is 10.1. The Morgan fingerprint density at radius 2 is 1.50 bits per heavy atom. The van der Waals surface area contributed by atoms with Gasteiger partial charge >= 0.3 is 0 Å². The number of nitrogens with zero attached hydrogens (tertiary/aromatic N) is 1. The highest BCUT2D eigenvalue weighted by Gasteiger charge is 2.13. The average molecular weight is 322 g/mol. The molecule has 0 unspecified atom stereocenters. The molecule has 0 saturated heterocycles. The monoisotopic (exact) mass is 322 g/mol. The Morgan fingerprint density at radius 1 is 1.00 bits per heavy atom. The summed E-state index contributed by atoms with van der Waals surface area (Å²) in [4.78, 5) is 10.2. The third kappa shape index (κ3) is 3.67. The minimum atomic E-state index is -3.64. The topological polar surface area (TPSA) is 110 Å². The maximum atomic E-state index is 11.9. The summed E-state index contributed by atoms with van der Waals surface area (Å²) in [5, 5.41) is 19.3. The molecule has 0 spiro atoms. The van der Waals surface area contributed by atoms with Crippen LogP contribution in [0.2, 0.25) is 0 Å². The first-order valence-electron chi connectivity index (χ1n) is 6.39. The van der Waals surface area contributed by atoms with E-state index in [2.05, 4.69) is 4.72 Å². The maximum Gasteiger partial charge on any atom is 0.269 e. The Hall–Kier alpha value is -2.29. The van der Waals surface area contributed by atoms with Crippen molar-refractivity contribution in [3.05, 3.63) is 58.6 Å². The largest absolute Gasteiger partial charge is 0.395 e. The molecule has 22 heavy (non-hydrogen) atoms. The van der Waals surface area contributed by atoms with Crippen LogP contribution in [0.25, 0.3) is 11.1 Å². The van der Waals surface area contributed by atoms with Crippen molar-refractivity contribution in [3.63, 3.8) is 0 Å². The molecule has 2 rings (SSSR count). The number of aliphatic hydroxyl groups excluding tert-OH is 1. The highest BCUT2D eigenvalue weighted by molar-refractivity contribution is 7.89. The Balaban J connectivity index is 2.23. The summed E-state index contributed by atoms with van der Waals surface area (Å²) in [7, 11) is -3.64. The van der Waals surface area contributed by atoms with Crippen molar-refractivity contribution < 1.29 is 18.4 Å². The first kappa shape index (κ1) is 16.1. The Kier molecular flexibility index (Phi) is 4.86. The molecule has 0 radical (unpaired) electrons. The molecule has 0 amide bonds. The summed E-state index contributed by atoms with van der Waals surface area (Å²) in [6.45, 7) is -0.327. The molecule has 0 aromatic heterocycles. The zero-order chi connectivity index (χ0) is 16.2. The molecule has 0 saturated carbocycles. The lowest BCUT2D eigenvalue weighted by molar-refractivity contribution is -0.384. The fourth-order valence-corrected chi connectivity index (χ4v) is 2.89. The Labute approximate surface area is 127 Å². The number of nitrogens with one attached hydrogen (secondary N) is 1. The second kappa shape index (κ2) is 6.65. The van der Waals surface area contributed by atoms with E-state index in [9.17, 15) is 18.5 Å². The standard InChI is InChI=1S/C14H14N2O5S/c17-10-9-15-22(20,21)14-7-3-12(4-8-14)11-1-5-13(6-2-11)16(18)19/h1-8,15,17H,9-10H2. The molecule has 8 heteroatoms. The predicted octanol–water partition coefficient (Wildman–Crippen LogP) is 1.53. The van der Waals surface area contributed by atoms with E-state index >= 15 is 0 Å². The number of sulfonamides is 1. The highest BCUT2D eigenvalue weighted by atomic mass is 32.2. The van der Waals surface area contributed by atoms with Crippen molar-refractivity contribution >= 4 is 15.7 Å². The van der Waals surface area contributed by atoms with Gasteiger partial charge in [-0.25, -0.2) is 13.1 Å². The molecule has 2 N–H and O–H groups in total. The van der Waals surface area contributed by atoms with Crippen LogP contribution in [0.15, 0.2) is 53.4 Å². The van der Waals surface area contributed by atoms with Gasteiger partial charge in [0.05, 0.1) is 16.4 Å². The van der Waals surface area contributed by atoms with Crippen LogP contribution in [0.1, 0.15) is 0 Å². The van der Waals surface area contributed by atoms with E-state index in [-0.39, 0.29) is 23.7 Å². The van der Waals surface area contributed by atoms with Crippen LogP contribution in [-0.4, -0.2) is 31.6 Å². The van der Waals surface area contributed by atoms with E-state index in [1.807, 2.05) is 0 Å². The van der Waals surface area contributed by atoms with Gasteiger partial charge in [0.25, 0.3) is 5.69 Å². The number of aliphatic hydroxyl groups is 1. The fourth-order valence-electron chi connectivity index (χ4n) is 1.87. The fraction of sp³-hybridized carbons (Fsp3) is 0.143. The first-order chi connectivity index (χ1) is 10.4. The number of nitro groups is 1. The van der Waals surface area contributed by atoms with Gasteiger partial charge < -0.3 is 5.11 Å². The lowest BCUT2D eigenvalue weighted by Crippen LogP contribution is -2.26. The van der Waals surface area contributed by atoms with Gasteiger partial charge in [-0.1, -0.05) is 12.1 Å². The van der Waals surface area contributed by atoms with Crippen LogP contribution in [0, 0.1) is 10.1 Å². The minimum Gasteiger partial charge on any atom is -0.395 e. The Morgan fingerprint density at radius 3 is 1.95 bits per heavy atom. The summed E-state index contributed by atoms with van der Waals surface area (Å²) >= 11 is 0. The van der Waals surface area contributed by atoms with Gasteiger partial charge in [0.1, 0.15) is 0 Å². The molecular weight excluding hydrogens is 308 g/mol. The molecule has 7 nitrogen and oxygen atoms in total. The van der Waals surface area contributed by atoms with Crippen LogP contribution in [0.4, 0.5) is 5.69 Å². The quantitative estimate of drug-likeness (QED) is 0.619. The van der Waals surface area contributed by atoms with Gasteiger partial charge in [0.15, 0.2) is 0 Å². The highest BCUT2D eigenvalue weighted by Crippen LogP contribution is 2.23. The molecule has 2 aromatic rings. The smallest absolute Gasteiger partial charge is 0.269 e. The van der Waals surface area contributed by atoms with Gasteiger partial charge in [0.2, 0.25) is 10.0 Å². The number of hydrogen-bond donors (Lipinski definition) is 2. The summed E-state index contributed by atoms with van der Waals surface area (Å²) in [6, 6.07) is 12.1. The molecule has 116 valence electrons. The third-order valence-corrected chi connectivity index (χ3v) is 4.46. The third-order valence-electron chi connectivity index (χ3n) is 2.98. The van der Waals surface area contributed by atoms with Crippen molar-refractivity contribution in [1.29, 1.82) is 0 Å². The van der Waals surface area contributed by atoms with Crippen LogP contribution in [-0.2, 0) is 10.0 Å². The van der Waals surface area contributed by atoms with Crippen molar-refractivity contribution in [2.45, 2.75) is 4.90 Å². The van der Waals surface area contributed by atoms with Gasteiger partial charge in [0, 0.05) is 18.7 Å². The molecule has 0 bridgehead atoms. The van der Waals surface area contributed by atoms with E-state index in [0.717, 1.165) is 11.1 Å². The number of benzene rings is 2. The second-order valence-electron chi connectivity index (χ2n) is 4.45. The number of rotatable bonds is 6. The molecule has 2 aromatic carbocycles. The van der Waals surface area contributed by atoms with Crippen molar-refractivity contribution in [2.75, 3.05) is 13.2 Å². The minimum absolute atomic E-state index is 0.00356. The SMILES string of the molecule is O=[N+]([O-])c1ccc(-c2ccc(S(=O)(=O)NCCO)cc2)cc1. The molecule has 0 aliphatic rings. The second-order valence-corrected chi connectivity index (χ2v) is 6.22. The van der Waals surface area contributed by atoms with E-state index in [4.69, 9.17) is 5.11 Å². The van der Waals surface area contributed by atoms with Crippen LogP contribution in [0.5, 0.6) is 0 Å². The summed E-state index contributed by atoms with van der Waals surface area (Å²) in [5.41, 5.74) is 1.49. The van der Waals surface area contributed by atoms with Gasteiger partial charge in [-0.05, 0) is 35.4 Å². The van der Waals surface area contributed by atoms with Crippen molar-refractivity contribution in [2.24, 2.45) is 0 Å². The first-order valence-corrected chi connectivity index (χ1v) is 7.88. The molecular formula is C14H14N2O5S. The van der Waals surface area contributed by atoms with E-state index in [1.165, 1.54) is 24.3 Å². The van der Waals surface area contributed by atoms with Gasteiger partial charge in [-0.15, -0.1) is 0 Å². The molecule has 0 fully saturated rings. The maximum absolute atomic E-state index is 11.9. The molecule has 0 aliphatic heterocycles. The summed E-state index contributed by atoms with van der Waals surface area (Å²) in [5.74, 6) is 0. The molecule has 0 aliphatic carbocycles. The average Bonchev–Trinajstić information content (AvgIpc) is 2.53. The van der Waals surface area contributed by atoms with Crippen molar-refractivity contribution in [1.82, 2.24) is 4.72 Å². The van der Waals surface area contributed by atoms with Gasteiger partial charge in [-0.2, -0.15) is 0 Å². The zero-order valence-electron chi connectivity index (χ0n) is 11.5. The summed E-state index contributed by atoms with van der Waals surface area (Å²) < 4.78 is 26.0. The summed E-state index contributed by atoms with van der Waals surface area (Å²) in [6.07, 6.45) is 0. The predicted molar refractivity (Wildman–Crippen MR) is 80.8 cm³/mol. The zero-order valence-corrected chi connectivity index (χ0v) is 12.3. The molecule has 0 atom stereocenters. The number of nitro benzene ring substituents is 1.